The molecule has 3 aromatic rings. The highest BCUT2D eigenvalue weighted by atomic mass is 35.5. The quantitative estimate of drug-likeness (QED) is 0.156. The number of amides is 1. The molecular formula is C22H20Cl2N4O6S. The van der Waals surface area contributed by atoms with Crippen molar-refractivity contribution in [3.8, 4) is 11.5 Å². The fourth-order valence-corrected chi connectivity index (χ4v) is 3.46. The van der Waals surface area contributed by atoms with Gasteiger partial charge in [0.15, 0.2) is 13.2 Å². The van der Waals surface area contributed by atoms with Gasteiger partial charge in [-0.1, -0.05) is 35.0 Å². The lowest BCUT2D eigenvalue weighted by molar-refractivity contribution is -0.145. The van der Waals surface area contributed by atoms with E-state index < -0.39 is 5.97 Å². The van der Waals surface area contributed by atoms with E-state index in [9.17, 15) is 9.59 Å². The van der Waals surface area contributed by atoms with E-state index in [-0.39, 0.29) is 36.0 Å². The van der Waals surface area contributed by atoms with E-state index in [0.29, 0.717) is 28.2 Å². The normalized spacial score (nSPS) is 10.8. The molecule has 0 aliphatic rings. The molecule has 0 spiro atoms. The molecule has 0 radical (unpaired) electrons. The molecule has 0 unspecified atom stereocenters. The topological polar surface area (TPSA) is 125 Å². The number of nitrogens with one attached hydrogen (secondary N) is 1. The van der Waals surface area contributed by atoms with Crippen LogP contribution in [0.5, 0.6) is 11.5 Å². The molecule has 10 nitrogen and oxygen atoms in total. The van der Waals surface area contributed by atoms with Crippen LogP contribution in [0.2, 0.25) is 10.0 Å². The van der Waals surface area contributed by atoms with Crippen LogP contribution in [0.4, 0.5) is 0 Å². The monoisotopic (exact) mass is 538 g/mol. The minimum atomic E-state index is -0.438. The molecule has 0 aliphatic carbocycles. The van der Waals surface area contributed by atoms with Gasteiger partial charge in [0, 0.05) is 5.02 Å². The third kappa shape index (κ3) is 9.12. The van der Waals surface area contributed by atoms with E-state index in [1.807, 2.05) is 0 Å². The fraction of sp³-hybridized carbons (Fsp3) is 0.227. The average molecular weight is 539 g/mol. The van der Waals surface area contributed by atoms with Gasteiger partial charge in [-0.2, -0.15) is 5.10 Å². The summed E-state index contributed by atoms with van der Waals surface area (Å²) in [7, 11) is 0. The molecular weight excluding hydrogens is 519 g/mol. The van der Waals surface area contributed by atoms with Crippen molar-refractivity contribution in [2.24, 2.45) is 5.10 Å². The molecule has 1 aromatic heterocycles. The molecule has 0 fully saturated rings. The molecule has 1 N–H and O–H groups in total. The van der Waals surface area contributed by atoms with Crippen molar-refractivity contribution in [1.82, 2.24) is 15.6 Å². The molecule has 0 saturated heterocycles. The minimum Gasteiger partial charge on any atom is -0.482 e. The number of hydrazone groups is 1. The molecule has 0 bridgehead atoms. The number of thioether (sulfide) groups is 1. The smallest absolute Gasteiger partial charge is 0.344 e. The van der Waals surface area contributed by atoms with Gasteiger partial charge in [0.1, 0.15) is 11.5 Å². The molecule has 0 atom stereocenters. The summed E-state index contributed by atoms with van der Waals surface area (Å²) in [5.41, 5.74) is 3.14. The number of benzene rings is 2. The maximum Gasteiger partial charge on any atom is 0.344 e. The predicted octanol–water partition coefficient (Wildman–Crippen LogP) is 4.14. The van der Waals surface area contributed by atoms with Crippen LogP contribution in [0.1, 0.15) is 18.4 Å². The van der Waals surface area contributed by atoms with Gasteiger partial charge in [-0.15, -0.1) is 10.2 Å². The van der Waals surface area contributed by atoms with Crippen LogP contribution in [0.3, 0.4) is 0 Å². The predicted molar refractivity (Wildman–Crippen MR) is 130 cm³/mol. The molecule has 2 aromatic carbocycles. The number of nitrogens with zero attached hydrogens (tertiary/aromatic N) is 3. The van der Waals surface area contributed by atoms with Gasteiger partial charge in [0.25, 0.3) is 17.0 Å². The number of hydrogen-bond donors (Lipinski definition) is 1. The van der Waals surface area contributed by atoms with E-state index in [1.165, 1.54) is 6.21 Å². The van der Waals surface area contributed by atoms with Gasteiger partial charge in [-0.05, 0) is 55.0 Å². The van der Waals surface area contributed by atoms with Gasteiger partial charge in [0.05, 0.1) is 23.6 Å². The Bertz CT molecular complexity index is 1170. The number of halogens is 2. The molecule has 0 saturated carbocycles. The number of carbonyl (C=O) groups excluding carboxylic acids is 2. The second-order valence-corrected chi connectivity index (χ2v) is 8.34. The lowest BCUT2D eigenvalue weighted by Gasteiger charge is -2.05. The van der Waals surface area contributed by atoms with Crippen molar-refractivity contribution in [2.45, 2.75) is 18.8 Å². The van der Waals surface area contributed by atoms with Crippen molar-refractivity contribution in [3.63, 3.8) is 0 Å². The van der Waals surface area contributed by atoms with Gasteiger partial charge < -0.3 is 18.6 Å². The maximum absolute atomic E-state index is 12.0. The largest absolute Gasteiger partial charge is 0.482 e. The molecule has 0 aliphatic heterocycles. The van der Waals surface area contributed by atoms with E-state index >= 15 is 0 Å². The highest BCUT2D eigenvalue weighted by molar-refractivity contribution is 7.99. The van der Waals surface area contributed by atoms with E-state index in [4.69, 9.17) is 41.8 Å². The van der Waals surface area contributed by atoms with Crippen LogP contribution in [0, 0.1) is 0 Å². The highest BCUT2D eigenvalue weighted by Crippen LogP contribution is 2.28. The zero-order valence-corrected chi connectivity index (χ0v) is 20.7. The number of ether oxygens (including phenoxy) is 3. The Morgan fingerprint density at radius 1 is 1.14 bits per heavy atom. The van der Waals surface area contributed by atoms with Crippen LogP contribution in [0.25, 0.3) is 0 Å². The molecule has 3 rings (SSSR count). The summed E-state index contributed by atoms with van der Waals surface area (Å²) in [6, 6.07) is 11.7. The first-order valence-electron chi connectivity index (χ1n) is 10.2. The molecule has 1 amide bonds. The maximum atomic E-state index is 12.0. The summed E-state index contributed by atoms with van der Waals surface area (Å²) in [6.07, 6.45) is 1.47. The Morgan fingerprint density at radius 2 is 1.94 bits per heavy atom. The summed E-state index contributed by atoms with van der Waals surface area (Å²) in [4.78, 5) is 23.3. The number of aromatic nitrogens is 2. The van der Waals surface area contributed by atoms with Gasteiger partial charge in [0.2, 0.25) is 0 Å². The minimum absolute atomic E-state index is 0.0120. The molecule has 35 heavy (non-hydrogen) atoms. The van der Waals surface area contributed by atoms with Gasteiger partial charge in [-0.25, -0.2) is 10.2 Å². The first-order valence-corrected chi connectivity index (χ1v) is 11.9. The summed E-state index contributed by atoms with van der Waals surface area (Å²) in [6.45, 7) is 1.87. The van der Waals surface area contributed by atoms with Crippen molar-refractivity contribution in [2.75, 3.05) is 19.0 Å². The van der Waals surface area contributed by atoms with E-state index in [1.54, 1.807) is 49.4 Å². The number of hydrogen-bond acceptors (Lipinski definition) is 10. The fourth-order valence-electron chi connectivity index (χ4n) is 2.42. The summed E-state index contributed by atoms with van der Waals surface area (Å²) in [5, 5.41) is 12.7. The SMILES string of the molecule is CCOC(=O)COc1ccc(/C=N\NC(=O)CSc2nnc(COc3ccc(Cl)cc3Cl)o2)cc1. The molecule has 1 heterocycles. The third-order valence-electron chi connectivity index (χ3n) is 3.97. The Labute approximate surface area is 214 Å². The van der Waals surface area contributed by atoms with Gasteiger partial charge >= 0.3 is 5.97 Å². The molecule has 13 heteroatoms. The van der Waals surface area contributed by atoms with Crippen molar-refractivity contribution in [3.05, 3.63) is 64.0 Å². The highest BCUT2D eigenvalue weighted by Gasteiger charge is 2.11. The van der Waals surface area contributed by atoms with Crippen LogP contribution in [0.15, 0.2) is 57.2 Å². The van der Waals surface area contributed by atoms with E-state index in [2.05, 4.69) is 20.7 Å². The van der Waals surface area contributed by atoms with Crippen LogP contribution in [-0.4, -0.2) is 47.3 Å². The van der Waals surface area contributed by atoms with E-state index in [0.717, 1.165) is 17.3 Å². The number of rotatable bonds is 12. The lowest BCUT2D eigenvalue weighted by atomic mass is 10.2. The standard InChI is InChI=1S/C22H20Cl2N4O6S/c1-2-31-21(30)12-32-16-6-3-14(4-7-16)10-25-26-19(29)13-35-22-28-27-20(34-22)11-33-18-8-5-15(23)9-17(18)24/h3-10H,2,11-13H2,1H3,(H,26,29)/b25-10-. The summed E-state index contributed by atoms with van der Waals surface area (Å²) in [5.74, 6) is 0.391. The van der Waals surface area contributed by atoms with Gasteiger partial charge in [-0.3, -0.25) is 4.79 Å². The first-order chi connectivity index (χ1) is 16.9. The van der Waals surface area contributed by atoms with Crippen LogP contribution >= 0.6 is 35.0 Å². The Morgan fingerprint density at radius 3 is 2.69 bits per heavy atom. The third-order valence-corrected chi connectivity index (χ3v) is 5.31. The Kier molecular flexibility index (Phi) is 10.2. The van der Waals surface area contributed by atoms with Crippen molar-refractivity contribution >= 4 is 53.1 Å². The summed E-state index contributed by atoms with van der Waals surface area (Å²) >= 11 is 13.0. The zero-order chi connectivity index (χ0) is 25.0. The van der Waals surface area contributed by atoms with Crippen LogP contribution < -0.4 is 14.9 Å². The van der Waals surface area contributed by atoms with Crippen molar-refractivity contribution in [1.29, 1.82) is 0 Å². The first kappa shape index (κ1) is 26.3. The number of esters is 1. The zero-order valence-electron chi connectivity index (χ0n) is 18.4. The average Bonchev–Trinajstić information content (AvgIpc) is 3.30. The second-order valence-electron chi connectivity index (χ2n) is 6.57. The number of carbonyl (C=O) groups is 2. The van der Waals surface area contributed by atoms with Crippen molar-refractivity contribution < 1.29 is 28.2 Å². The molecule has 184 valence electrons. The Hall–Kier alpha value is -3.28. The van der Waals surface area contributed by atoms with Crippen LogP contribution in [-0.2, 0) is 20.9 Å². The lowest BCUT2D eigenvalue weighted by Crippen LogP contribution is -2.19. The second kappa shape index (κ2) is 13.6. The Balaban J connectivity index is 1.37. The summed E-state index contributed by atoms with van der Waals surface area (Å²) < 4.78 is 21.1.